The molecule has 1 aliphatic heterocycles. The lowest BCUT2D eigenvalue weighted by Crippen LogP contribution is -2.46. The van der Waals surface area contributed by atoms with Gasteiger partial charge in [-0.15, -0.1) is 0 Å². The van der Waals surface area contributed by atoms with Crippen LogP contribution in [0.15, 0.2) is 23.0 Å². The normalized spacial score (nSPS) is 27.7. The van der Waals surface area contributed by atoms with Crippen LogP contribution >= 0.6 is 15.4 Å². The molecule has 0 aliphatic carbocycles. The summed E-state index contributed by atoms with van der Waals surface area (Å²) in [6.45, 7) is 0. The summed E-state index contributed by atoms with van der Waals surface area (Å²) in [5, 5.41) is 20.5. The number of phosphoric acid groups is 1. The summed E-state index contributed by atoms with van der Waals surface area (Å²) >= 11 is 0. The highest BCUT2D eigenvalue weighted by molar-refractivity contribution is 7.65. The molecule has 3 rings (SSSR count). The summed E-state index contributed by atoms with van der Waals surface area (Å²) in [6, 6.07) is 0. The topological polar surface area (TPSA) is 234 Å². The smallest absolute Gasteiger partial charge is 0.387 e. The summed E-state index contributed by atoms with van der Waals surface area (Å²) < 4.78 is 34.3. The number of rotatable bonds is 5. The second-order valence-electron chi connectivity index (χ2n) is 6.21. The molecule has 5 atom stereocenters. The minimum absolute atomic E-state index is 0.0484. The molecule has 2 unspecified atom stereocenters. The van der Waals surface area contributed by atoms with Gasteiger partial charge in [0.15, 0.2) is 6.33 Å². The number of aromatic nitrogens is 4. The fourth-order valence-corrected chi connectivity index (χ4v) is 4.73. The minimum Gasteiger partial charge on any atom is -0.387 e. The van der Waals surface area contributed by atoms with Crippen LogP contribution in [-0.2, 0) is 25.2 Å². The Morgan fingerprint density at radius 1 is 1.34 bits per heavy atom. The van der Waals surface area contributed by atoms with Crippen molar-refractivity contribution in [1.29, 1.82) is 0 Å². The number of aliphatic hydroxyl groups excluding tert-OH is 2. The Kier molecular flexibility index (Phi) is 5.55. The number of aliphatic hydroxyl groups is 2. The fourth-order valence-electron chi connectivity index (χ4n) is 2.90. The third-order valence-corrected chi connectivity index (χ3v) is 6.36. The van der Waals surface area contributed by atoms with Crippen LogP contribution in [0.1, 0.15) is 6.23 Å². The van der Waals surface area contributed by atoms with E-state index < -0.39 is 45.5 Å². The average Bonchev–Trinajstić information content (AvgIpc) is 3.01. The first-order valence-corrected chi connectivity index (χ1v) is 11.0. The Labute approximate surface area is 161 Å². The molecule has 0 amide bonds. The van der Waals surface area contributed by atoms with Crippen LogP contribution in [0.25, 0.3) is 11.2 Å². The second-order valence-corrected chi connectivity index (χ2v) is 9.27. The van der Waals surface area contributed by atoms with Crippen LogP contribution in [-0.4, -0.2) is 57.7 Å². The maximum absolute atomic E-state index is 12.1. The van der Waals surface area contributed by atoms with Crippen molar-refractivity contribution in [3.05, 3.63) is 28.6 Å². The molecule has 15 nitrogen and oxygen atoms in total. The summed E-state index contributed by atoms with van der Waals surface area (Å²) in [4.78, 5) is 45.1. The first-order valence-electron chi connectivity index (χ1n) is 7.85. The van der Waals surface area contributed by atoms with Crippen molar-refractivity contribution in [2.45, 2.75) is 24.5 Å². The number of nitrogen functional groups attached to an aromatic ring is 1. The van der Waals surface area contributed by atoms with E-state index in [4.69, 9.17) is 20.3 Å². The Morgan fingerprint density at radius 3 is 2.62 bits per heavy atom. The highest BCUT2D eigenvalue weighted by atomic mass is 31.3. The number of hydrogen-bond donors (Lipinski definition) is 7. The van der Waals surface area contributed by atoms with E-state index in [1.54, 1.807) is 0 Å². The van der Waals surface area contributed by atoms with E-state index in [1.807, 2.05) is 0 Å². The largest absolute Gasteiger partial charge is 0.477 e. The van der Waals surface area contributed by atoms with E-state index in [2.05, 4.69) is 14.3 Å². The van der Waals surface area contributed by atoms with E-state index in [9.17, 15) is 29.0 Å². The van der Waals surface area contributed by atoms with Gasteiger partial charge in [-0.2, -0.15) is 0 Å². The van der Waals surface area contributed by atoms with Gasteiger partial charge in [0.1, 0.15) is 18.3 Å². The minimum atomic E-state index is -5.25. The van der Waals surface area contributed by atoms with Crippen LogP contribution in [0.3, 0.4) is 0 Å². The van der Waals surface area contributed by atoms with Gasteiger partial charge in [0.2, 0.25) is 11.7 Å². The number of ether oxygens (including phenoxy) is 1. The van der Waals surface area contributed by atoms with Gasteiger partial charge in [-0.1, -0.05) is 4.98 Å². The third-order valence-electron chi connectivity index (χ3n) is 4.03. The maximum Gasteiger partial charge on any atom is 0.477 e. The molecule has 2 aromatic heterocycles. The van der Waals surface area contributed by atoms with Gasteiger partial charge in [-0.05, 0) is 6.08 Å². The van der Waals surface area contributed by atoms with Crippen molar-refractivity contribution in [3.8, 4) is 0 Å². The van der Waals surface area contributed by atoms with Crippen LogP contribution in [0, 0.1) is 0 Å². The van der Waals surface area contributed by atoms with Crippen LogP contribution in [0.5, 0.6) is 0 Å². The number of fused-ring (bicyclic) bond motifs is 1. The first-order chi connectivity index (χ1) is 13.3. The molecule has 160 valence electrons. The number of nitrogens with one attached hydrogen (secondary N) is 1. The lowest BCUT2D eigenvalue weighted by molar-refractivity contribution is -0.745. The van der Waals surface area contributed by atoms with Crippen LogP contribution in [0.4, 0.5) is 5.95 Å². The Balaban J connectivity index is 1.92. The molecular formula is C12H18N5O10P2+. The van der Waals surface area contributed by atoms with Gasteiger partial charge >= 0.3 is 21.1 Å². The Hall–Kier alpha value is -1.93. The number of aromatic amines is 1. The molecule has 1 fully saturated rings. The third kappa shape index (κ3) is 4.48. The number of aryl methyl sites for hydroxylation is 1. The monoisotopic (exact) mass is 454 g/mol. The van der Waals surface area contributed by atoms with Crippen molar-refractivity contribution in [2.75, 3.05) is 5.73 Å². The average molecular weight is 454 g/mol. The molecule has 3 heterocycles. The summed E-state index contributed by atoms with van der Waals surface area (Å²) in [6.07, 6.45) is -3.56. The molecule has 0 bridgehead atoms. The van der Waals surface area contributed by atoms with E-state index in [-0.39, 0.29) is 17.1 Å². The number of imidazole rings is 1. The number of hydrogen-bond acceptors (Lipinski definition) is 9. The Bertz CT molecular complexity index is 1120. The van der Waals surface area contributed by atoms with Gasteiger partial charge in [0, 0.05) is 5.82 Å². The molecule has 17 heteroatoms. The summed E-state index contributed by atoms with van der Waals surface area (Å²) in [5.74, 6) is 0.229. The molecule has 8 N–H and O–H groups in total. The zero-order chi connectivity index (χ0) is 21.7. The zero-order valence-electron chi connectivity index (χ0n) is 14.6. The second kappa shape index (κ2) is 7.40. The SMILES string of the molecule is Cn1c[n+]([C@@H]2O[C@H](/C=C\P(=O)(O)OP(=O)(O)O)[C@H](O)C2O)c2nc(N)[nH]c(=O)c21. The van der Waals surface area contributed by atoms with Crippen molar-refractivity contribution < 1.29 is 47.6 Å². The maximum atomic E-state index is 12.1. The Morgan fingerprint density at radius 2 is 2.00 bits per heavy atom. The predicted molar refractivity (Wildman–Crippen MR) is 94.0 cm³/mol. The first kappa shape index (κ1) is 21.8. The van der Waals surface area contributed by atoms with Crippen molar-refractivity contribution in [1.82, 2.24) is 14.5 Å². The van der Waals surface area contributed by atoms with E-state index in [1.165, 1.54) is 22.5 Å². The molecule has 0 saturated carbocycles. The molecule has 0 spiro atoms. The van der Waals surface area contributed by atoms with E-state index in [0.717, 1.165) is 6.08 Å². The van der Waals surface area contributed by atoms with Gasteiger partial charge < -0.3 is 35.4 Å². The summed E-state index contributed by atoms with van der Waals surface area (Å²) in [5.41, 5.74) is 5.16. The lowest BCUT2D eigenvalue weighted by atomic mass is 10.1. The number of nitrogens with two attached hydrogens (primary N) is 1. The zero-order valence-corrected chi connectivity index (χ0v) is 16.4. The van der Waals surface area contributed by atoms with Gasteiger partial charge in [0.05, 0.1) is 7.05 Å². The molecular weight excluding hydrogens is 436 g/mol. The quantitative estimate of drug-likeness (QED) is 0.184. The number of nitrogens with zero attached hydrogens (tertiary/aromatic N) is 3. The fraction of sp³-hybridized carbons (Fsp3) is 0.417. The summed E-state index contributed by atoms with van der Waals surface area (Å²) in [7, 11) is -8.57. The number of anilines is 1. The molecule has 0 radical (unpaired) electrons. The highest BCUT2D eigenvalue weighted by Gasteiger charge is 2.46. The van der Waals surface area contributed by atoms with Crippen molar-refractivity contribution in [3.63, 3.8) is 0 Å². The molecule has 1 saturated heterocycles. The standard InChI is InChI=1S/C12H17N5O10P2/c1-16-4-17(9-6(16)10(20)15-12(13)14-9)11-8(19)7(18)5(26-11)2-3-28(21,22)27-29(23,24)25/h2-5,7-8,11,18-19H,1H3,(H5-,13,14,15,20,21,22,23,24,25)/p+1/b3-2-/t5-,7+,8?,11-/m1/s1. The van der Waals surface area contributed by atoms with Crippen molar-refractivity contribution >= 4 is 32.5 Å². The van der Waals surface area contributed by atoms with Gasteiger partial charge in [-0.3, -0.25) is 18.9 Å². The van der Waals surface area contributed by atoms with Gasteiger partial charge in [-0.25, -0.2) is 13.4 Å². The predicted octanol–water partition coefficient (Wildman–Crippen LogP) is -2.44. The van der Waals surface area contributed by atoms with Gasteiger partial charge in [0.25, 0.3) is 11.5 Å². The lowest BCUT2D eigenvalue weighted by Gasteiger charge is -2.11. The van der Waals surface area contributed by atoms with Crippen molar-refractivity contribution in [2.24, 2.45) is 7.05 Å². The van der Waals surface area contributed by atoms with E-state index in [0.29, 0.717) is 5.82 Å². The van der Waals surface area contributed by atoms with Crippen LogP contribution < -0.4 is 15.9 Å². The van der Waals surface area contributed by atoms with Crippen LogP contribution in [0.2, 0.25) is 0 Å². The van der Waals surface area contributed by atoms with E-state index >= 15 is 0 Å². The molecule has 1 aliphatic rings. The highest BCUT2D eigenvalue weighted by Crippen LogP contribution is 2.58. The molecule has 29 heavy (non-hydrogen) atoms. The number of H-pyrrole nitrogens is 1. The molecule has 2 aromatic rings. The molecule has 0 aromatic carbocycles.